The van der Waals surface area contributed by atoms with Crippen molar-refractivity contribution in [3.05, 3.63) is 30.0 Å². The summed E-state index contributed by atoms with van der Waals surface area (Å²) in [5, 5.41) is 3.61. The Labute approximate surface area is 109 Å². The quantitative estimate of drug-likeness (QED) is 0.564. The first-order chi connectivity index (χ1) is 8.69. The molecule has 0 fully saturated rings. The number of nitrogens with zero attached hydrogens (tertiary/aromatic N) is 3. The molecule has 2 aromatic rings. The third kappa shape index (κ3) is 3.01. The van der Waals surface area contributed by atoms with Crippen molar-refractivity contribution in [3.63, 3.8) is 0 Å². The van der Waals surface area contributed by atoms with Crippen LogP contribution >= 0.6 is 11.8 Å². The fourth-order valence-corrected chi connectivity index (χ4v) is 2.31. The van der Waals surface area contributed by atoms with Crippen LogP contribution in [0.3, 0.4) is 0 Å². The number of nitrogens with one attached hydrogen (secondary N) is 1. The van der Waals surface area contributed by atoms with Crippen molar-refractivity contribution >= 4 is 29.2 Å². The minimum Gasteiger partial charge on any atom is -0.383 e. The standard InChI is InChI=1S/C11H14N6S/c1-14-10-7(3-2-4-15-10)6-18-11-16-8(12)5-9(13)17-11/h2-5H,6H2,1H3,(H,14,15)(H4,12,13,16,17). The topological polar surface area (TPSA) is 103 Å². The SMILES string of the molecule is CNc1ncccc1CSc1nc(N)cc(N)n1. The molecule has 2 aromatic heterocycles. The monoisotopic (exact) mass is 262 g/mol. The van der Waals surface area contributed by atoms with Crippen molar-refractivity contribution in [1.29, 1.82) is 0 Å². The second-order valence-electron chi connectivity index (χ2n) is 3.55. The van der Waals surface area contributed by atoms with E-state index in [0.29, 0.717) is 22.5 Å². The van der Waals surface area contributed by atoms with E-state index in [1.165, 1.54) is 17.8 Å². The molecule has 0 spiro atoms. The summed E-state index contributed by atoms with van der Waals surface area (Å²) in [7, 11) is 1.84. The van der Waals surface area contributed by atoms with Gasteiger partial charge in [0.2, 0.25) is 0 Å². The van der Waals surface area contributed by atoms with Gasteiger partial charge in [-0.15, -0.1) is 0 Å². The molecule has 2 rings (SSSR count). The molecule has 0 aliphatic heterocycles. The molecule has 0 aliphatic carbocycles. The molecule has 18 heavy (non-hydrogen) atoms. The summed E-state index contributed by atoms with van der Waals surface area (Å²) in [5.41, 5.74) is 12.3. The number of nitrogen functional groups attached to an aromatic ring is 2. The van der Waals surface area contributed by atoms with E-state index in [4.69, 9.17) is 11.5 Å². The van der Waals surface area contributed by atoms with Crippen LogP contribution in [0.4, 0.5) is 17.5 Å². The Morgan fingerprint density at radius 1 is 1.28 bits per heavy atom. The van der Waals surface area contributed by atoms with Gasteiger partial charge in [-0.05, 0) is 6.07 Å². The fraction of sp³-hybridized carbons (Fsp3) is 0.182. The van der Waals surface area contributed by atoms with Crippen molar-refractivity contribution in [2.24, 2.45) is 0 Å². The van der Waals surface area contributed by atoms with Crippen LogP contribution in [0.15, 0.2) is 29.6 Å². The Hall–Kier alpha value is -2.02. The maximum absolute atomic E-state index is 5.62. The Morgan fingerprint density at radius 3 is 2.67 bits per heavy atom. The molecule has 0 aliphatic rings. The van der Waals surface area contributed by atoms with Crippen LogP contribution in [0.25, 0.3) is 0 Å². The highest BCUT2D eigenvalue weighted by atomic mass is 32.2. The van der Waals surface area contributed by atoms with Gasteiger partial charge in [-0.2, -0.15) is 0 Å². The molecule has 94 valence electrons. The molecule has 0 bridgehead atoms. The minimum atomic E-state index is 0.380. The van der Waals surface area contributed by atoms with Gasteiger partial charge >= 0.3 is 0 Å². The lowest BCUT2D eigenvalue weighted by atomic mass is 10.3. The fourth-order valence-electron chi connectivity index (χ4n) is 1.45. The van der Waals surface area contributed by atoms with Gasteiger partial charge in [0.05, 0.1) is 0 Å². The van der Waals surface area contributed by atoms with E-state index < -0.39 is 0 Å². The number of rotatable bonds is 4. The molecule has 0 radical (unpaired) electrons. The van der Waals surface area contributed by atoms with Gasteiger partial charge in [-0.3, -0.25) is 0 Å². The van der Waals surface area contributed by atoms with Gasteiger partial charge in [0.15, 0.2) is 5.16 Å². The average molecular weight is 262 g/mol. The second kappa shape index (κ2) is 5.54. The molecule has 5 N–H and O–H groups in total. The molecule has 0 aromatic carbocycles. The van der Waals surface area contributed by atoms with Gasteiger partial charge in [0.25, 0.3) is 0 Å². The number of thioether (sulfide) groups is 1. The zero-order valence-electron chi connectivity index (χ0n) is 9.92. The summed E-state index contributed by atoms with van der Waals surface area (Å²) in [4.78, 5) is 12.5. The summed E-state index contributed by atoms with van der Waals surface area (Å²) in [6.45, 7) is 0. The van der Waals surface area contributed by atoms with E-state index in [0.717, 1.165) is 11.4 Å². The number of anilines is 3. The van der Waals surface area contributed by atoms with Crippen LogP contribution in [-0.2, 0) is 5.75 Å². The van der Waals surface area contributed by atoms with Crippen LogP contribution in [0.5, 0.6) is 0 Å². The van der Waals surface area contributed by atoms with Crippen LogP contribution in [-0.4, -0.2) is 22.0 Å². The van der Waals surface area contributed by atoms with Crippen molar-refractivity contribution in [2.45, 2.75) is 10.9 Å². The molecule has 0 saturated heterocycles. The lowest BCUT2D eigenvalue weighted by Gasteiger charge is -2.07. The zero-order chi connectivity index (χ0) is 13.0. The first-order valence-corrected chi connectivity index (χ1v) is 6.32. The van der Waals surface area contributed by atoms with Crippen LogP contribution < -0.4 is 16.8 Å². The third-order valence-electron chi connectivity index (χ3n) is 2.23. The molecule has 7 heteroatoms. The number of pyridine rings is 1. The lowest BCUT2D eigenvalue weighted by Crippen LogP contribution is -2.00. The molecular weight excluding hydrogens is 248 g/mol. The van der Waals surface area contributed by atoms with Crippen molar-refractivity contribution < 1.29 is 0 Å². The highest BCUT2D eigenvalue weighted by Gasteiger charge is 2.05. The third-order valence-corrected chi connectivity index (χ3v) is 3.13. The molecule has 0 amide bonds. The molecule has 0 atom stereocenters. The summed E-state index contributed by atoms with van der Waals surface area (Å²) in [6, 6.07) is 5.43. The van der Waals surface area contributed by atoms with Gasteiger partial charge < -0.3 is 16.8 Å². The van der Waals surface area contributed by atoms with Gasteiger partial charge in [-0.1, -0.05) is 17.8 Å². The number of hydrogen-bond donors (Lipinski definition) is 3. The number of nitrogens with two attached hydrogens (primary N) is 2. The van der Waals surface area contributed by atoms with Gasteiger partial charge in [-0.25, -0.2) is 15.0 Å². The van der Waals surface area contributed by atoms with Gasteiger partial charge in [0, 0.05) is 30.6 Å². The summed E-state index contributed by atoms with van der Waals surface area (Å²) < 4.78 is 0. The largest absolute Gasteiger partial charge is 0.383 e. The Bertz CT molecular complexity index is 525. The van der Waals surface area contributed by atoms with Crippen LogP contribution in [0.2, 0.25) is 0 Å². The van der Waals surface area contributed by atoms with Gasteiger partial charge in [0.1, 0.15) is 17.5 Å². The predicted octanol–water partition coefficient (Wildman–Crippen LogP) is 1.37. The predicted molar refractivity (Wildman–Crippen MR) is 74.2 cm³/mol. The minimum absolute atomic E-state index is 0.380. The van der Waals surface area contributed by atoms with E-state index in [1.54, 1.807) is 6.20 Å². The van der Waals surface area contributed by atoms with Crippen molar-refractivity contribution in [1.82, 2.24) is 15.0 Å². The molecule has 2 heterocycles. The Morgan fingerprint density at radius 2 is 2.00 bits per heavy atom. The highest BCUT2D eigenvalue weighted by Crippen LogP contribution is 2.24. The summed E-state index contributed by atoms with van der Waals surface area (Å²) >= 11 is 1.47. The summed E-state index contributed by atoms with van der Waals surface area (Å²) in [6.07, 6.45) is 1.75. The Balaban J connectivity index is 2.11. The lowest BCUT2D eigenvalue weighted by molar-refractivity contribution is 0.983. The van der Waals surface area contributed by atoms with Crippen LogP contribution in [0.1, 0.15) is 5.56 Å². The van der Waals surface area contributed by atoms with Crippen molar-refractivity contribution in [2.75, 3.05) is 23.8 Å². The Kier molecular flexibility index (Phi) is 3.83. The van der Waals surface area contributed by atoms with E-state index in [-0.39, 0.29) is 0 Å². The smallest absolute Gasteiger partial charge is 0.191 e. The second-order valence-corrected chi connectivity index (χ2v) is 4.49. The first kappa shape index (κ1) is 12.4. The number of hydrogen-bond acceptors (Lipinski definition) is 7. The maximum Gasteiger partial charge on any atom is 0.191 e. The zero-order valence-corrected chi connectivity index (χ0v) is 10.7. The van der Waals surface area contributed by atoms with E-state index in [9.17, 15) is 0 Å². The highest BCUT2D eigenvalue weighted by molar-refractivity contribution is 7.98. The normalized spacial score (nSPS) is 10.3. The molecule has 6 nitrogen and oxygen atoms in total. The molecule has 0 saturated carbocycles. The van der Waals surface area contributed by atoms with E-state index in [2.05, 4.69) is 20.3 Å². The molecular formula is C11H14N6S. The number of aromatic nitrogens is 3. The first-order valence-electron chi connectivity index (χ1n) is 5.33. The molecule has 0 unspecified atom stereocenters. The van der Waals surface area contributed by atoms with E-state index >= 15 is 0 Å². The van der Waals surface area contributed by atoms with E-state index in [1.807, 2.05) is 19.2 Å². The maximum atomic E-state index is 5.62. The van der Waals surface area contributed by atoms with Crippen LogP contribution in [0, 0.1) is 0 Å². The van der Waals surface area contributed by atoms with Crippen molar-refractivity contribution in [3.8, 4) is 0 Å². The average Bonchev–Trinajstić information content (AvgIpc) is 2.35. The summed E-state index contributed by atoms with van der Waals surface area (Å²) in [5.74, 6) is 2.31.